The number of esters is 1. The predicted octanol–water partition coefficient (Wildman–Crippen LogP) is 4.37. The van der Waals surface area contributed by atoms with Crippen molar-refractivity contribution in [1.29, 1.82) is 0 Å². The lowest BCUT2D eigenvalue weighted by Gasteiger charge is -2.57. The molecule has 1 N–H and O–H groups in total. The van der Waals surface area contributed by atoms with Crippen LogP contribution in [0.2, 0.25) is 0 Å². The van der Waals surface area contributed by atoms with Crippen molar-refractivity contribution in [2.24, 2.45) is 33.7 Å². The molecule has 0 aromatic carbocycles. The number of hydrogen-bond acceptors (Lipinski definition) is 4. The molecule has 6 atom stereocenters. The van der Waals surface area contributed by atoms with E-state index in [2.05, 4.69) is 17.5 Å². The summed E-state index contributed by atoms with van der Waals surface area (Å²) in [7, 11) is 0. The minimum absolute atomic E-state index is 0.0581. The molecule has 154 valence electrons. The smallest absolute Gasteiger partial charge is 0.302 e. The molecule has 1 amide bonds. The Morgan fingerprint density at radius 3 is 2.71 bits per heavy atom. The highest BCUT2D eigenvalue weighted by molar-refractivity contribution is 5.93. The largest absolute Gasteiger partial charge is 0.462 e. The number of hydrogen-bond donors (Lipinski definition) is 1. The van der Waals surface area contributed by atoms with Crippen molar-refractivity contribution in [3.63, 3.8) is 0 Å². The molecule has 4 aliphatic carbocycles. The summed E-state index contributed by atoms with van der Waals surface area (Å²) in [5, 5.41) is 4.42. The van der Waals surface area contributed by atoms with Crippen LogP contribution in [0.1, 0.15) is 85.8 Å². The number of amides is 1. The van der Waals surface area contributed by atoms with Crippen LogP contribution in [0.3, 0.4) is 0 Å². The van der Waals surface area contributed by atoms with Crippen molar-refractivity contribution in [3.05, 3.63) is 11.6 Å². The molecule has 0 aromatic heterocycles. The minimum Gasteiger partial charge on any atom is -0.462 e. The first-order chi connectivity index (χ1) is 15.1. The van der Waals surface area contributed by atoms with Crippen LogP contribution in [0, 0.1) is 28.6 Å². The monoisotopic (exact) mass is 391 g/mol. The topological polar surface area (TPSA) is 67.8 Å². The molecule has 0 bridgehead atoms. The van der Waals surface area contributed by atoms with Gasteiger partial charge in [0.2, 0.25) is 5.91 Å². The molecule has 0 saturated heterocycles. The number of allylic oxidation sites excluding steroid dienone is 1. The first kappa shape index (κ1) is 14.4. The van der Waals surface area contributed by atoms with Gasteiger partial charge in [-0.2, -0.15) is 5.10 Å². The average Bonchev–Trinajstić information content (AvgIpc) is 3.00. The van der Waals surface area contributed by atoms with E-state index >= 15 is 0 Å². The molecule has 0 heterocycles. The van der Waals surface area contributed by atoms with Crippen LogP contribution in [0.25, 0.3) is 0 Å². The zero-order chi connectivity index (χ0) is 24.6. The molecule has 1 unspecified atom stereocenters. The van der Waals surface area contributed by atoms with E-state index in [1.54, 1.807) is 0 Å². The SMILES string of the molecule is [2H]C1([2H])C[C@@]2(C)C(=CC[C@@H]3C2CC[C@]2(C)/C(=N/NC(C)=O)CC[C@H]32)C([2H])([2H])[C@]1([2H])OC(C)=O. The number of hydrazone groups is 1. The van der Waals surface area contributed by atoms with Gasteiger partial charge in [-0.15, -0.1) is 0 Å². The van der Waals surface area contributed by atoms with Gasteiger partial charge < -0.3 is 4.74 Å². The Kier molecular flexibility index (Phi) is 3.59. The van der Waals surface area contributed by atoms with Crippen LogP contribution in [0.15, 0.2) is 16.8 Å². The zero-order valence-corrected chi connectivity index (χ0v) is 17.2. The Bertz CT molecular complexity index is 950. The van der Waals surface area contributed by atoms with E-state index in [9.17, 15) is 9.59 Å². The van der Waals surface area contributed by atoms with Crippen molar-refractivity contribution in [1.82, 2.24) is 5.43 Å². The number of fused-ring (bicyclic) bond motifs is 5. The van der Waals surface area contributed by atoms with Gasteiger partial charge in [-0.05, 0) is 68.1 Å². The van der Waals surface area contributed by atoms with Crippen molar-refractivity contribution in [3.8, 4) is 0 Å². The molecule has 5 heteroatoms. The fourth-order valence-corrected chi connectivity index (χ4v) is 6.27. The molecule has 3 saturated carbocycles. The van der Waals surface area contributed by atoms with Gasteiger partial charge in [0.1, 0.15) is 6.08 Å². The van der Waals surface area contributed by atoms with Crippen LogP contribution in [0.5, 0.6) is 0 Å². The van der Waals surface area contributed by atoms with E-state index in [1.807, 2.05) is 13.0 Å². The number of nitrogens with one attached hydrogen (secondary N) is 1. The molecule has 0 spiro atoms. The number of carbonyl (C=O) groups excluding carboxylic acids is 2. The van der Waals surface area contributed by atoms with Gasteiger partial charge in [-0.3, -0.25) is 9.59 Å². The first-order valence-corrected chi connectivity index (χ1v) is 10.3. The highest BCUT2D eigenvalue weighted by Gasteiger charge is 2.58. The Balaban J connectivity index is 1.73. The molecule has 0 aromatic rings. The van der Waals surface area contributed by atoms with Crippen LogP contribution >= 0.6 is 0 Å². The molecular formula is C23H34N2O3. The Labute approximate surface area is 175 Å². The standard InChI is InChI=1S/C23H34N2O3/c1-14(26)24-25-21-8-7-19-18-6-5-16-13-17(28-15(2)27)9-11-22(16,3)20(18)10-12-23(19,21)4/h5,17-20H,6-13H2,1-4H3,(H,24,26)/b25-21+/t17-,18+,19-,20?,22+,23+/m1/s1/i9D2,13D2,17D. The summed E-state index contributed by atoms with van der Waals surface area (Å²) in [6, 6.07) is 0. The lowest BCUT2D eigenvalue weighted by Crippen LogP contribution is -2.50. The summed E-state index contributed by atoms with van der Waals surface area (Å²) < 4.78 is 48.7. The summed E-state index contributed by atoms with van der Waals surface area (Å²) in [5.74, 6) is -0.449. The third kappa shape index (κ3) is 3.11. The van der Waals surface area contributed by atoms with Gasteiger partial charge in [0.25, 0.3) is 0 Å². The summed E-state index contributed by atoms with van der Waals surface area (Å²) in [6.45, 7) is 6.67. The van der Waals surface area contributed by atoms with E-state index in [0.717, 1.165) is 38.3 Å². The second-order valence-electron chi connectivity index (χ2n) is 9.27. The fourth-order valence-electron chi connectivity index (χ4n) is 6.27. The average molecular weight is 392 g/mol. The Hall–Kier alpha value is -1.65. The second-order valence-corrected chi connectivity index (χ2v) is 9.27. The van der Waals surface area contributed by atoms with Crippen molar-refractivity contribution in [2.45, 2.75) is 85.0 Å². The van der Waals surface area contributed by atoms with E-state index in [-0.39, 0.29) is 29.6 Å². The van der Waals surface area contributed by atoms with E-state index in [0.29, 0.717) is 17.9 Å². The molecular weight excluding hydrogens is 352 g/mol. The molecule has 28 heavy (non-hydrogen) atoms. The third-order valence-electron chi connectivity index (χ3n) is 7.66. The maximum atomic E-state index is 11.7. The maximum Gasteiger partial charge on any atom is 0.302 e. The zero-order valence-electron chi connectivity index (χ0n) is 22.2. The van der Waals surface area contributed by atoms with Crippen LogP contribution in [-0.4, -0.2) is 23.7 Å². The second kappa shape index (κ2) is 7.00. The molecule has 5 nitrogen and oxygen atoms in total. The number of ether oxygens (including phenoxy) is 1. The molecule has 0 aliphatic heterocycles. The van der Waals surface area contributed by atoms with E-state index < -0.39 is 30.2 Å². The van der Waals surface area contributed by atoms with Crippen LogP contribution < -0.4 is 5.43 Å². The van der Waals surface area contributed by atoms with Gasteiger partial charge in [-0.25, -0.2) is 5.43 Å². The number of rotatable bonds is 2. The number of nitrogens with zero attached hydrogens (tertiary/aromatic N) is 1. The third-order valence-corrected chi connectivity index (χ3v) is 7.66. The highest BCUT2D eigenvalue weighted by atomic mass is 16.5. The summed E-state index contributed by atoms with van der Waals surface area (Å²) >= 11 is 0. The van der Waals surface area contributed by atoms with E-state index in [1.165, 1.54) is 6.92 Å². The summed E-state index contributed by atoms with van der Waals surface area (Å²) in [4.78, 5) is 23.1. The Morgan fingerprint density at radius 1 is 1.25 bits per heavy atom. The highest BCUT2D eigenvalue weighted by Crippen LogP contribution is 2.64. The van der Waals surface area contributed by atoms with Crippen LogP contribution in [0.4, 0.5) is 0 Å². The maximum absolute atomic E-state index is 11.7. The first-order valence-electron chi connectivity index (χ1n) is 12.8. The van der Waals surface area contributed by atoms with Crippen molar-refractivity contribution < 1.29 is 21.2 Å². The van der Waals surface area contributed by atoms with Crippen molar-refractivity contribution in [2.75, 3.05) is 0 Å². The van der Waals surface area contributed by atoms with E-state index in [4.69, 9.17) is 11.6 Å². The van der Waals surface area contributed by atoms with Gasteiger partial charge in [0.15, 0.2) is 0 Å². The van der Waals surface area contributed by atoms with Gasteiger partial charge >= 0.3 is 5.97 Å². The van der Waals surface area contributed by atoms with Crippen LogP contribution in [-0.2, 0) is 14.3 Å². The molecule has 4 aliphatic rings. The number of carbonyl (C=O) groups is 2. The predicted molar refractivity (Wildman–Crippen MR) is 109 cm³/mol. The lowest BCUT2D eigenvalue weighted by molar-refractivity contribution is -0.148. The minimum atomic E-state index is -2.64. The van der Waals surface area contributed by atoms with Crippen molar-refractivity contribution >= 4 is 17.6 Å². The molecule has 0 radical (unpaired) electrons. The normalized spacial score (nSPS) is 52.3. The van der Waals surface area contributed by atoms with Gasteiger partial charge in [-0.1, -0.05) is 25.5 Å². The summed E-state index contributed by atoms with van der Waals surface area (Å²) in [6.07, 6.45) is -1.65. The molecule has 4 rings (SSSR count). The van der Waals surface area contributed by atoms with Gasteiger partial charge in [0.05, 0.1) is 1.37 Å². The summed E-state index contributed by atoms with van der Waals surface area (Å²) in [5.41, 5.74) is 3.08. The fraction of sp³-hybridized carbons (Fsp3) is 0.783. The van der Waals surface area contributed by atoms with Gasteiger partial charge in [0, 0.05) is 36.8 Å². The Morgan fingerprint density at radius 2 is 2.00 bits per heavy atom. The quantitative estimate of drug-likeness (QED) is 0.432. The lowest BCUT2D eigenvalue weighted by atomic mass is 9.48. The molecule has 3 fully saturated rings.